The highest BCUT2D eigenvalue weighted by molar-refractivity contribution is 7.47. The van der Waals surface area contributed by atoms with Crippen molar-refractivity contribution in [2.45, 2.75) is 244 Å². The van der Waals surface area contributed by atoms with Gasteiger partial charge in [0.1, 0.15) is 13.2 Å². The van der Waals surface area contributed by atoms with Crippen molar-refractivity contribution in [2.75, 3.05) is 40.9 Å². The first-order valence-electron chi connectivity index (χ1n) is 25.4. The maximum atomic E-state index is 12.9. The third kappa shape index (κ3) is 44.8. The number of nitrogens with zero attached hydrogens (tertiary/aromatic N) is 1. The molecule has 0 aliphatic rings. The number of carbonyl (C=O) groups is 1. The average molecular weight is 868 g/mol. The molecule has 0 aliphatic heterocycles. The zero-order valence-corrected chi connectivity index (χ0v) is 41.1. The third-order valence-electron chi connectivity index (χ3n) is 11.4. The fourth-order valence-corrected chi connectivity index (χ4v) is 8.15. The highest BCUT2D eigenvalue weighted by Gasteiger charge is 2.28. The molecule has 0 aromatic rings. The summed E-state index contributed by atoms with van der Waals surface area (Å²) < 4.78 is 23.7. The molecule has 0 rings (SSSR count). The second-order valence-electron chi connectivity index (χ2n) is 18.5. The van der Waals surface area contributed by atoms with Crippen LogP contribution in [-0.2, 0) is 18.4 Å². The molecule has 0 saturated heterocycles. The van der Waals surface area contributed by atoms with Crippen molar-refractivity contribution >= 4 is 13.7 Å². The van der Waals surface area contributed by atoms with Gasteiger partial charge in [-0.05, 0) is 44.9 Å². The fraction of sp³-hybridized carbons (Fsp3) is 0.863. The van der Waals surface area contributed by atoms with Crippen LogP contribution in [0.5, 0.6) is 0 Å². The summed E-state index contributed by atoms with van der Waals surface area (Å²) in [5, 5.41) is 14.0. The number of aliphatic hydroxyl groups excluding tert-OH is 1. The van der Waals surface area contributed by atoms with Gasteiger partial charge in [0, 0.05) is 6.42 Å². The third-order valence-corrected chi connectivity index (χ3v) is 12.4. The topological polar surface area (TPSA) is 105 Å². The molecule has 1 amide bonds. The molecule has 3 atom stereocenters. The Morgan fingerprint density at radius 3 is 1.47 bits per heavy atom. The van der Waals surface area contributed by atoms with Gasteiger partial charge in [0.05, 0.1) is 39.9 Å². The smallest absolute Gasteiger partial charge is 0.391 e. The van der Waals surface area contributed by atoms with Crippen LogP contribution in [0.4, 0.5) is 0 Å². The Morgan fingerprint density at radius 1 is 0.583 bits per heavy atom. The molecule has 3 N–H and O–H groups in total. The van der Waals surface area contributed by atoms with Crippen LogP contribution in [0.15, 0.2) is 36.5 Å². The van der Waals surface area contributed by atoms with E-state index in [-0.39, 0.29) is 19.1 Å². The molecule has 8 nitrogen and oxygen atoms in total. The molecule has 3 unspecified atom stereocenters. The van der Waals surface area contributed by atoms with Gasteiger partial charge in [0.2, 0.25) is 5.91 Å². The summed E-state index contributed by atoms with van der Waals surface area (Å²) in [7, 11) is 1.61. The van der Waals surface area contributed by atoms with Gasteiger partial charge in [0.25, 0.3) is 0 Å². The van der Waals surface area contributed by atoms with Crippen LogP contribution in [0.2, 0.25) is 0 Å². The molecule has 0 radical (unpaired) electrons. The average Bonchev–Trinajstić information content (AvgIpc) is 3.20. The molecule has 0 saturated carbocycles. The summed E-state index contributed by atoms with van der Waals surface area (Å²) in [4.78, 5) is 23.2. The lowest BCUT2D eigenvalue weighted by Crippen LogP contribution is -2.46. The number of unbranched alkanes of at least 4 members (excludes halogenated alkanes) is 27. The molecule has 0 spiro atoms. The Hall–Kier alpha value is -1.28. The van der Waals surface area contributed by atoms with E-state index in [9.17, 15) is 19.4 Å². The van der Waals surface area contributed by atoms with Crippen LogP contribution in [-0.4, -0.2) is 73.4 Å². The largest absolute Gasteiger partial charge is 0.472 e. The number of hydrogen-bond acceptors (Lipinski definition) is 5. The highest BCUT2D eigenvalue weighted by atomic mass is 31.2. The van der Waals surface area contributed by atoms with Gasteiger partial charge in [0.15, 0.2) is 0 Å². The molecule has 0 aromatic carbocycles. The number of aliphatic hydroxyl groups is 1. The first kappa shape index (κ1) is 58.7. The number of amides is 1. The predicted molar refractivity (Wildman–Crippen MR) is 258 cm³/mol. The number of likely N-dealkylation sites (N-methyl/N-ethyl adjacent to an activating group) is 1. The Morgan fingerprint density at radius 2 is 1.00 bits per heavy atom. The number of phosphoric ester groups is 1. The van der Waals surface area contributed by atoms with Gasteiger partial charge in [-0.15, -0.1) is 0 Å². The van der Waals surface area contributed by atoms with E-state index in [2.05, 4.69) is 55.6 Å². The lowest BCUT2D eigenvalue weighted by Gasteiger charge is -2.26. The fourth-order valence-electron chi connectivity index (χ4n) is 7.41. The zero-order valence-electron chi connectivity index (χ0n) is 40.2. The number of hydrogen-bond donors (Lipinski definition) is 3. The standard InChI is InChI=1S/C51H99N2O6P/c1-6-8-10-12-14-16-18-20-22-24-25-26-27-29-30-32-34-36-38-40-42-44-50(54)49(48-59-60(56,57)58-47-46-53(3,4)5)52-51(55)45-43-41-39-37-35-33-31-28-23-21-19-17-15-13-11-9-7-2/h9,11,15,17,21,23,49-50,54H,6-8,10,12-14,16,18-20,22,24-48H2,1-5H3,(H-,52,55,56,57)/p+1/b11-9-,17-15-,23-21-. The van der Waals surface area contributed by atoms with Gasteiger partial charge in [-0.3, -0.25) is 13.8 Å². The van der Waals surface area contributed by atoms with E-state index in [1.807, 2.05) is 21.1 Å². The van der Waals surface area contributed by atoms with Crippen molar-refractivity contribution < 1.29 is 32.9 Å². The first-order valence-corrected chi connectivity index (χ1v) is 26.8. The quantitative estimate of drug-likeness (QED) is 0.0244. The number of phosphoric acid groups is 1. The molecule has 0 aliphatic carbocycles. The number of quaternary nitrogens is 1. The Labute approximate surface area is 372 Å². The number of rotatable bonds is 46. The van der Waals surface area contributed by atoms with Gasteiger partial charge in [-0.1, -0.05) is 217 Å². The second kappa shape index (κ2) is 43.0. The molecule has 0 fully saturated rings. The van der Waals surface area contributed by atoms with Crippen molar-refractivity contribution in [3.05, 3.63) is 36.5 Å². The van der Waals surface area contributed by atoms with Gasteiger partial charge in [-0.25, -0.2) is 4.57 Å². The van der Waals surface area contributed by atoms with Gasteiger partial charge < -0.3 is 19.8 Å². The van der Waals surface area contributed by atoms with E-state index in [0.717, 1.165) is 64.2 Å². The maximum Gasteiger partial charge on any atom is 0.472 e. The molecule has 354 valence electrons. The zero-order chi connectivity index (χ0) is 44.3. The summed E-state index contributed by atoms with van der Waals surface area (Å²) in [5.41, 5.74) is 0. The summed E-state index contributed by atoms with van der Waals surface area (Å²) in [6, 6.07) is -0.766. The minimum Gasteiger partial charge on any atom is -0.391 e. The van der Waals surface area contributed by atoms with Crippen molar-refractivity contribution in [3.8, 4) is 0 Å². The molecule has 9 heteroatoms. The normalized spacial score (nSPS) is 14.4. The number of carbonyl (C=O) groups excluding carboxylic acids is 1. The molecule has 60 heavy (non-hydrogen) atoms. The predicted octanol–water partition coefficient (Wildman–Crippen LogP) is 14.6. The second-order valence-corrected chi connectivity index (χ2v) is 20.0. The summed E-state index contributed by atoms with van der Waals surface area (Å²) in [5.74, 6) is -0.153. The maximum absolute atomic E-state index is 12.9. The van der Waals surface area contributed by atoms with Crippen molar-refractivity contribution in [3.63, 3.8) is 0 Å². The SMILES string of the molecule is CC/C=C\C/C=C\C/C=C\CCCCCCCCCC(=O)NC(COP(=O)(O)OCC[N+](C)(C)C)C(O)CCCCCCCCCCCCCCCCCCCCCCC. The molecule has 0 aromatic heterocycles. The first-order chi connectivity index (χ1) is 29.0. The van der Waals surface area contributed by atoms with E-state index in [1.165, 1.54) is 141 Å². The van der Waals surface area contributed by atoms with Crippen LogP contribution in [0.1, 0.15) is 232 Å². The number of allylic oxidation sites excluding steroid dienone is 6. The molecular weight excluding hydrogens is 768 g/mol. The lowest BCUT2D eigenvalue weighted by molar-refractivity contribution is -0.870. The van der Waals surface area contributed by atoms with Crippen LogP contribution in [0, 0.1) is 0 Å². The molecule has 0 bridgehead atoms. The minimum absolute atomic E-state index is 0.0722. The van der Waals surface area contributed by atoms with Crippen LogP contribution < -0.4 is 5.32 Å². The van der Waals surface area contributed by atoms with Gasteiger partial charge in [-0.2, -0.15) is 0 Å². The van der Waals surface area contributed by atoms with E-state index in [0.29, 0.717) is 23.9 Å². The van der Waals surface area contributed by atoms with Gasteiger partial charge >= 0.3 is 7.82 Å². The van der Waals surface area contributed by atoms with E-state index in [4.69, 9.17) is 9.05 Å². The van der Waals surface area contributed by atoms with E-state index < -0.39 is 20.0 Å². The van der Waals surface area contributed by atoms with Crippen LogP contribution >= 0.6 is 7.82 Å². The van der Waals surface area contributed by atoms with Crippen LogP contribution in [0.25, 0.3) is 0 Å². The summed E-state index contributed by atoms with van der Waals surface area (Å²) in [6.45, 7) is 4.79. The monoisotopic (exact) mass is 868 g/mol. The van der Waals surface area contributed by atoms with Crippen LogP contribution in [0.3, 0.4) is 0 Å². The highest BCUT2D eigenvalue weighted by Crippen LogP contribution is 2.43. The summed E-state index contributed by atoms with van der Waals surface area (Å²) >= 11 is 0. The Balaban J connectivity index is 4.26. The Bertz CT molecular complexity index is 1070. The lowest BCUT2D eigenvalue weighted by atomic mass is 10.0. The molecule has 0 heterocycles. The Kier molecular flexibility index (Phi) is 42.1. The van der Waals surface area contributed by atoms with Crippen molar-refractivity contribution in [2.24, 2.45) is 0 Å². The minimum atomic E-state index is -4.32. The van der Waals surface area contributed by atoms with E-state index in [1.54, 1.807) is 0 Å². The van der Waals surface area contributed by atoms with Crippen molar-refractivity contribution in [1.29, 1.82) is 0 Å². The molecular formula is C51H100N2O6P+. The van der Waals surface area contributed by atoms with Crippen molar-refractivity contribution in [1.82, 2.24) is 5.32 Å². The summed E-state index contributed by atoms with van der Waals surface area (Å²) in [6.07, 6.45) is 53.2. The number of nitrogens with one attached hydrogen (secondary N) is 1. The van der Waals surface area contributed by atoms with E-state index >= 15 is 0 Å².